The molecule has 2 aliphatic rings. The molecule has 2 N–H and O–H groups in total. The minimum atomic E-state index is -0.625. The number of benzene rings is 1. The summed E-state index contributed by atoms with van der Waals surface area (Å²) in [7, 11) is 0. The molecule has 2 amide bonds. The summed E-state index contributed by atoms with van der Waals surface area (Å²) in [5.74, 6) is 0.940. The van der Waals surface area contributed by atoms with Gasteiger partial charge in [0.2, 0.25) is 5.91 Å². The maximum Gasteiger partial charge on any atom is 0.270 e. The Bertz CT molecular complexity index is 1260. The Hall–Kier alpha value is -3.39. The van der Waals surface area contributed by atoms with Crippen LogP contribution in [0, 0.1) is 29.9 Å². The van der Waals surface area contributed by atoms with Crippen molar-refractivity contribution in [3.8, 4) is 11.1 Å². The molecule has 2 heterocycles. The number of amides is 2. The molecular weight excluding hydrogens is 466 g/mol. The van der Waals surface area contributed by atoms with E-state index >= 15 is 0 Å². The van der Waals surface area contributed by atoms with Gasteiger partial charge in [0.25, 0.3) is 5.91 Å². The Morgan fingerprint density at radius 3 is 2.57 bits per heavy atom. The normalized spacial score (nSPS) is 21.3. The van der Waals surface area contributed by atoms with Gasteiger partial charge in [0.15, 0.2) is 11.9 Å². The van der Waals surface area contributed by atoms with Gasteiger partial charge in [0.1, 0.15) is 11.7 Å². The number of nitrogens with zero attached hydrogens (tertiary/aromatic N) is 3. The molecular formula is C26H28ClN5O3. The number of rotatable bonds is 7. The lowest BCUT2D eigenvalue weighted by Gasteiger charge is -2.25. The number of pyridine rings is 1. The van der Waals surface area contributed by atoms with Gasteiger partial charge in [-0.25, -0.2) is 0 Å². The zero-order valence-corrected chi connectivity index (χ0v) is 20.5. The van der Waals surface area contributed by atoms with Crippen molar-refractivity contribution in [3.05, 3.63) is 70.4 Å². The average Bonchev–Trinajstić information content (AvgIpc) is 3.22. The third-order valence-corrected chi connectivity index (χ3v) is 7.61. The molecule has 0 aliphatic heterocycles. The highest BCUT2D eigenvalue weighted by molar-refractivity contribution is 6.33. The average molecular weight is 494 g/mol. The molecule has 2 aliphatic carbocycles. The third kappa shape index (κ3) is 4.62. The summed E-state index contributed by atoms with van der Waals surface area (Å²) in [6, 6.07) is 9.81. The molecule has 0 bridgehead atoms. The number of halogens is 1. The fraction of sp³-hybridized carbons (Fsp3) is 0.385. The van der Waals surface area contributed by atoms with E-state index in [1.54, 1.807) is 42.1 Å². The molecule has 5 rings (SSSR count). The highest BCUT2D eigenvalue weighted by atomic mass is 35.5. The van der Waals surface area contributed by atoms with Gasteiger partial charge in [-0.05, 0) is 67.7 Å². The lowest BCUT2D eigenvalue weighted by Crippen LogP contribution is -2.48. The molecule has 0 saturated heterocycles. The van der Waals surface area contributed by atoms with E-state index in [4.69, 9.17) is 11.6 Å². The zero-order chi connectivity index (χ0) is 24.7. The lowest BCUT2D eigenvalue weighted by molar-refractivity contribution is -0.611. The molecule has 182 valence electrons. The van der Waals surface area contributed by atoms with Crippen molar-refractivity contribution in [1.82, 2.24) is 15.1 Å². The van der Waals surface area contributed by atoms with E-state index in [2.05, 4.69) is 15.7 Å². The van der Waals surface area contributed by atoms with E-state index < -0.39 is 6.04 Å². The van der Waals surface area contributed by atoms with Crippen LogP contribution in [0.15, 0.2) is 48.8 Å². The maximum atomic E-state index is 13.4. The van der Waals surface area contributed by atoms with Crippen LogP contribution in [0.2, 0.25) is 5.02 Å². The predicted molar refractivity (Wildman–Crippen MR) is 133 cm³/mol. The maximum absolute atomic E-state index is 13.4. The first-order chi connectivity index (χ1) is 16.9. The summed E-state index contributed by atoms with van der Waals surface area (Å²) in [5, 5.41) is 22.6. The minimum Gasteiger partial charge on any atom is -0.618 e. The highest BCUT2D eigenvalue weighted by Gasteiger charge is 2.49. The van der Waals surface area contributed by atoms with Gasteiger partial charge in [-0.3, -0.25) is 14.3 Å². The van der Waals surface area contributed by atoms with Crippen molar-refractivity contribution < 1.29 is 14.3 Å². The van der Waals surface area contributed by atoms with Crippen molar-refractivity contribution in [2.45, 2.75) is 45.7 Å². The first-order valence-electron chi connectivity index (χ1n) is 12.0. The quantitative estimate of drug-likeness (QED) is 0.384. The smallest absolute Gasteiger partial charge is 0.270 e. The number of hydrogen-bond acceptors (Lipinski definition) is 4. The van der Waals surface area contributed by atoms with Gasteiger partial charge >= 0.3 is 0 Å². The largest absolute Gasteiger partial charge is 0.618 e. The van der Waals surface area contributed by atoms with Crippen molar-refractivity contribution >= 4 is 29.1 Å². The molecule has 1 aromatic carbocycles. The van der Waals surface area contributed by atoms with Crippen LogP contribution >= 0.6 is 11.6 Å². The van der Waals surface area contributed by atoms with E-state index in [-0.39, 0.29) is 17.7 Å². The molecule has 2 aromatic heterocycles. The number of nitrogens with one attached hydrogen (secondary N) is 2. The zero-order valence-electron chi connectivity index (χ0n) is 19.7. The van der Waals surface area contributed by atoms with Crippen LogP contribution < -0.4 is 15.4 Å². The van der Waals surface area contributed by atoms with Crippen molar-refractivity contribution in [3.63, 3.8) is 0 Å². The Kier molecular flexibility index (Phi) is 6.23. The second-order valence-electron chi connectivity index (χ2n) is 9.49. The van der Waals surface area contributed by atoms with Crippen LogP contribution in [0.3, 0.4) is 0 Å². The van der Waals surface area contributed by atoms with Crippen LogP contribution in [0.1, 0.15) is 42.4 Å². The summed E-state index contributed by atoms with van der Waals surface area (Å²) >= 11 is 6.33. The first kappa shape index (κ1) is 23.4. The number of aromatic nitrogens is 3. The molecule has 9 heteroatoms. The molecule has 2 fully saturated rings. The van der Waals surface area contributed by atoms with Crippen molar-refractivity contribution in [2.75, 3.05) is 5.32 Å². The van der Waals surface area contributed by atoms with Crippen LogP contribution in [-0.4, -0.2) is 27.6 Å². The summed E-state index contributed by atoms with van der Waals surface area (Å²) in [6.07, 6.45) is 6.11. The van der Waals surface area contributed by atoms with Crippen molar-refractivity contribution in [2.24, 2.45) is 17.8 Å². The highest BCUT2D eigenvalue weighted by Crippen LogP contribution is 2.55. The van der Waals surface area contributed by atoms with Gasteiger partial charge < -0.3 is 15.8 Å². The Morgan fingerprint density at radius 1 is 1.17 bits per heavy atom. The van der Waals surface area contributed by atoms with Crippen LogP contribution in [-0.2, 0) is 11.3 Å². The molecule has 3 unspecified atom stereocenters. The predicted octanol–water partition coefficient (Wildman–Crippen LogP) is 3.95. The molecule has 0 spiro atoms. The SMILES string of the molecule is CCn1nccc1C(=O)NC(C(=O)Nc1ccc(-c2c(Cl)cc[n+]([O-])c2C)cc1)C1CC2CC2C1. The number of carbonyl (C=O) groups is 2. The topological polar surface area (TPSA) is 103 Å². The van der Waals surface area contributed by atoms with Crippen LogP contribution in [0.5, 0.6) is 0 Å². The fourth-order valence-corrected chi connectivity index (χ4v) is 5.62. The number of carbonyl (C=O) groups excluding carboxylic acids is 2. The molecule has 3 aromatic rings. The van der Waals surface area contributed by atoms with Gasteiger partial charge in [-0.15, -0.1) is 0 Å². The monoisotopic (exact) mass is 493 g/mol. The van der Waals surface area contributed by atoms with Crippen LogP contribution in [0.4, 0.5) is 5.69 Å². The standard InChI is InChI=1S/C26H28ClN5O3/c1-3-31-22(8-10-28-31)25(33)30-24(19-13-17-12-18(17)14-19)26(34)29-20-6-4-16(5-7-20)23-15(2)32(35)11-9-21(23)27/h4-11,17-19,24H,3,12-14H2,1-2H3,(H,29,34)(H,30,33). The third-order valence-electron chi connectivity index (χ3n) is 7.30. The van der Waals surface area contributed by atoms with Gasteiger partial charge in [-0.1, -0.05) is 23.7 Å². The number of hydrogen-bond donors (Lipinski definition) is 2. The van der Waals surface area contributed by atoms with Gasteiger partial charge in [0, 0.05) is 31.4 Å². The number of anilines is 1. The van der Waals surface area contributed by atoms with E-state index in [0.29, 0.717) is 46.0 Å². The second kappa shape index (κ2) is 9.34. The van der Waals surface area contributed by atoms with E-state index in [0.717, 1.165) is 23.1 Å². The second-order valence-corrected chi connectivity index (χ2v) is 9.89. The molecule has 3 atom stereocenters. The van der Waals surface area contributed by atoms with E-state index in [1.165, 1.54) is 12.6 Å². The summed E-state index contributed by atoms with van der Waals surface area (Å²) in [6.45, 7) is 4.21. The number of fused-ring (bicyclic) bond motifs is 1. The lowest BCUT2D eigenvalue weighted by atomic mass is 9.93. The van der Waals surface area contributed by atoms with Crippen LogP contribution in [0.25, 0.3) is 11.1 Å². The number of aryl methyl sites for hydroxylation is 1. The Labute approximate surface area is 208 Å². The Balaban J connectivity index is 1.33. The minimum absolute atomic E-state index is 0.109. The van der Waals surface area contributed by atoms with E-state index in [9.17, 15) is 14.8 Å². The first-order valence-corrected chi connectivity index (χ1v) is 12.4. The van der Waals surface area contributed by atoms with Gasteiger partial charge in [0.05, 0.1) is 10.6 Å². The van der Waals surface area contributed by atoms with Gasteiger partial charge in [-0.2, -0.15) is 9.83 Å². The van der Waals surface area contributed by atoms with Crippen molar-refractivity contribution in [1.29, 1.82) is 0 Å². The summed E-state index contributed by atoms with van der Waals surface area (Å²) in [5.41, 5.74) is 3.00. The molecule has 35 heavy (non-hydrogen) atoms. The van der Waals surface area contributed by atoms with E-state index in [1.807, 2.05) is 19.1 Å². The molecule has 0 radical (unpaired) electrons. The molecule has 8 nitrogen and oxygen atoms in total. The Morgan fingerprint density at radius 2 is 1.89 bits per heavy atom. The summed E-state index contributed by atoms with van der Waals surface area (Å²) < 4.78 is 2.40. The fourth-order valence-electron chi connectivity index (χ4n) is 5.32. The summed E-state index contributed by atoms with van der Waals surface area (Å²) in [4.78, 5) is 26.4. The molecule has 2 saturated carbocycles.